The normalized spacial score (nSPS) is 15.8. The molecule has 1 aromatic carbocycles. The summed E-state index contributed by atoms with van der Waals surface area (Å²) in [6.45, 7) is 15.1. The highest BCUT2D eigenvalue weighted by molar-refractivity contribution is 7.99. The minimum Gasteiger partial charge on any atom is -0.483 e. The lowest BCUT2D eigenvalue weighted by molar-refractivity contribution is -0.113. The number of allylic oxidation sites excluding steroid dienone is 1. The number of carbonyl (C=O) groups excluding carboxylic acids is 1. The third-order valence-corrected chi connectivity index (χ3v) is 9.08. The summed E-state index contributed by atoms with van der Waals surface area (Å²) in [5.41, 5.74) is 3.11. The molecule has 0 fully saturated rings. The van der Waals surface area contributed by atoms with Crippen molar-refractivity contribution in [1.82, 2.24) is 14.8 Å². The summed E-state index contributed by atoms with van der Waals surface area (Å²) in [5, 5.41) is 22.8. The Morgan fingerprint density at radius 2 is 2.11 bits per heavy atom. The number of benzene rings is 1. The number of rotatable bonds is 9. The Morgan fingerprint density at radius 3 is 2.76 bits per heavy atom. The Balaban J connectivity index is 1.43. The molecule has 1 amide bonds. The van der Waals surface area contributed by atoms with Gasteiger partial charge in [0.05, 0.1) is 11.3 Å². The molecule has 0 bridgehead atoms. The second-order valence-electron chi connectivity index (χ2n) is 10.8. The summed E-state index contributed by atoms with van der Waals surface area (Å²) in [6.07, 6.45) is 4.35. The van der Waals surface area contributed by atoms with Crippen LogP contribution in [-0.2, 0) is 24.2 Å². The molecule has 1 aliphatic rings. The highest BCUT2D eigenvalue weighted by Crippen LogP contribution is 2.44. The molecule has 4 rings (SSSR count). The van der Waals surface area contributed by atoms with Crippen molar-refractivity contribution in [2.75, 3.05) is 11.1 Å². The number of amides is 1. The summed E-state index contributed by atoms with van der Waals surface area (Å²) in [4.78, 5) is 14.2. The highest BCUT2D eigenvalue weighted by Gasteiger charge is 2.32. The zero-order chi connectivity index (χ0) is 27.4. The first kappa shape index (κ1) is 27.9. The van der Waals surface area contributed by atoms with Crippen molar-refractivity contribution in [1.29, 1.82) is 5.26 Å². The van der Waals surface area contributed by atoms with E-state index < -0.39 is 0 Å². The van der Waals surface area contributed by atoms with Gasteiger partial charge in [-0.15, -0.1) is 28.1 Å². The molecule has 7 nitrogen and oxygen atoms in total. The van der Waals surface area contributed by atoms with Gasteiger partial charge in [0, 0.05) is 11.4 Å². The van der Waals surface area contributed by atoms with E-state index in [-0.39, 0.29) is 23.2 Å². The Morgan fingerprint density at radius 1 is 1.37 bits per heavy atom. The predicted molar refractivity (Wildman–Crippen MR) is 154 cm³/mol. The predicted octanol–water partition coefficient (Wildman–Crippen LogP) is 6.73. The summed E-state index contributed by atoms with van der Waals surface area (Å²) in [5.74, 6) is 1.98. The number of nitrogens with one attached hydrogen (secondary N) is 1. The molecular formula is C29H35N5O2S2. The number of hydrogen-bond donors (Lipinski definition) is 1. The number of ether oxygens (including phenoxy) is 1. The first-order valence-corrected chi connectivity index (χ1v) is 14.7. The molecular weight excluding hydrogens is 514 g/mol. The standard InChI is InChI=1S/C29H35N5O2S2/c1-7-14-34-26(19(3)36-21-11-8-18(2)9-12-21)32-33-28(34)37-17-25(35)31-27-23(16-30)22-13-10-20(29(4,5)6)15-24(22)38-27/h7-9,11-12,19-20H,1,10,13-15,17H2,2-6H3,(H,31,35). The largest absolute Gasteiger partial charge is 0.483 e. The van der Waals surface area contributed by atoms with E-state index >= 15 is 0 Å². The number of nitriles is 1. The topological polar surface area (TPSA) is 92.8 Å². The fourth-order valence-corrected chi connectivity index (χ4v) is 6.76. The van der Waals surface area contributed by atoms with Crippen LogP contribution in [0.3, 0.4) is 0 Å². The number of thiophene rings is 1. The van der Waals surface area contributed by atoms with Crippen molar-refractivity contribution < 1.29 is 9.53 Å². The van der Waals surface area contributed by atoms with Crippen LogP contribution in [0.5, 0.6) is 5.75 Å². The second kappa shape index (κ2) is 11.7. The lowest BCUT2D eigenvalue weighted by Gasteiger charge is -2.33. The summed E-state index contributed by atoms with van der Waals surface area (Å²) < 4.78 is 8.00. The van der Waals surface area contributed by atoms with Crippen LogP contribution in [-0.4, -0.2) is 26.4 Å². The number of carbonyl (C=O) groups is 1. The van der Waals surface area contributed by atoms with Crippen molar-refractivity contribution in [3.8, 4) is 11.8 Å². The molecule has 3 aromatic rings. The van der Waals surface area contributed by atoms with E-state index in [1.54, 1.807) is 17.4 Å². The van der Waals surface area contributed by atoms with E-state index in [1.165, 1.54) is 16.6 Å². The maximum atomic E-state index is 12.9. The summed E-state index contributed by atoms with van der Waals surface area (Å²) >= 11 is 2.86. The lowest BCUT2D eigenvalue weighted by Crippen LogP contribution is -2.26. The number of nitrogens with zero attached hydrogens (tertiary/aromatic N) is 4. The molecule has 2 aromatic heterocycles. The fraction of sp³-hybridized carbons (Fsp3) is 0.448. The number of aryl methyl sites for hydroxylation is 1. The van der Waals surface area contributed by atoms with Crippen LogP contribution in [0.4, 0.5) is 5.00 Å². The van der Waals surface area contributed by atoms with Crippen LogP contribution in [0.1, 0.15) is 67.6 Å². The third-order valence-electron chi connectivity index (χ3n) is 6.94. The Hall–Kier alpha value is -3.09. The zero-order valence-electron chi connectivity index (χ0n) is 22.7. The van der Waals surface area contributed by atoms with E-state index in [2.05, 4.69) is 48.9 Å². The van der Waals surface area contributed by atoms with Crippen molar-refractivity contribution >= 4 is 34.0 Å². The van der Waals surface area contributed by atoms with Gasteiger partial charge < -0.3 is 10.1 Å². The van der Waals surface area contributed by atoms with Gasteiger partial charge in [0.1, 0.15) is 16.8 Å². The summed E-state index contributed by atoms with van der Waals surface area (Å²) in [6, 6.07) is 10.2. The monoisotopic (exact) mass is 549 g/mol. The smallest absolute Gasteiger partial charge is 0.235 e. The van der Waals surface area contributed by atoms with Crippen molar-refractivity contribution in [2.45, 2.75) is 71.7 Å². The van der Waals surface area contributed by atoms with E-state index in [0.717, 1.165) is 36.1 Å². The van der Waals surface area contributed by atoms with E-state index in [9.17, 15) is 10.1 Å². The average Bonchev–Trinajstić information content (AvgIpc) is 3.43. The Bertz CT molecular complexity index is 1340. The minimum absolute atomic E-state index is 0.153. The van der Waals surface area contributed by atoms with Crippen LogP contribution in [0.15, 0.2) is 42.1 Å². The molecule has 9 heteroatoms. The maximum absolute atomic E-state index is 12.9. The van der Waals surface area contributed by atoms with Crippen molar-refractivity contribution in [3.05, 3.63) is 64.3 Å². The second-order valence-corrected chi connectivity index (χ2v) is 12.8. The van der Waals surface area contributed by atoms with Gasteiger partial charge in [-0.05, 0) is 62.1 Å². The first-order chi connectivity index (χ1) is 18.1. The minimum atomic E-state index is -0.333. The third kappa shape index (κ3) is 6.30. The number of anilines is 1. The van der Waals surface area contributed by atoms with Gasteiger partial charge in [-0.2, -0.15) is 5.26 Å². The number of hydrogen-bond acceptors (Lipinski definition) is 7. The maximum Gasteiger partial charge on any atom is 0.235 e. The Labute approximate surface area is 233 Å². The van der Waals surface area contributed by atoms with Gasteiger partial charge in [-0.3, -0.25) is 9.36 Å². The van der Waals surface area contributed by atoms with Gasteiger partial charge in [-0.1, -0.05) is 56.3 Å². The van der Waals surface area contributed by atoms with E-state index in [1.807, 2.05) is 42.7 Å². The molecule has 200 valence electrons. The van der Waals surface area contributed by atoms with Crippen LogP contribution >= 0.6 is 23.1 Å². The van der Waals surface area contributed by atoms with Crippen LogP contribution in [0.25, 0.3) is 0 Å². The number of thioether (sulfide) groups is 1. The lowest BCUT2D eigenvalue weighted by atomic mass is 9.72. The molecule has 2 atom stereocenters. The fourth-order valence-electron chi connectivity index (χ4n) is 4.71. The molecule has 0 saturated carbocycles. The molecule has 0 radical (unpaired) electrons. The van der Waals surface area contributed by atoms with Crippen LogP contribution in [0.2, 0.25) is 0 Å². The Kier molecular flexibility index (Phi) is 8.64. The first-order valence-electron chi connectivity index (χ1n) is 12.8. The van der Waals surface area contributed by atoms with E-state index in [0.29, 0.717) is 34.0 Å². The van der Waals surface area contributed by atoms with Gasteiger partial charge in [0.25, 0.3) is 0 Å². The van der Waals surface area contributed by atoms with Crippen molar-refractivity contribution in [3.63, 3.8) is 0 Å². The molecule has 0 aliphatic heterocycles. The molecule has 38 heavy (non-hydrogen) atoms. The molecule has 1 N–H and O–H groups in total. The van der Waals surface area contributed by atoms with Gasteiger partial charge in [0.15, 0.2) is 17.1 Å². The molecule has 2 unspecified atom stereocenters. The molecule has 0 spiro atoms. The van der Waals surface area contributed by atoms with Crippen LogP contribution in [0, 0.1) is 29.6 Å². The zero-order valence-corrected chi connectivity index (χ0v) is 24.3. The van der Waals surface area contributed by atoms with Crippen molar-refractivity contribution in [2.24, 2.45) is 11.3 Å². The van der Waals surface area contributed by atoms with Crippen LogP contribution < -0.4 is 10.1 Å². The SMILES string of the molecule is C=CCn1c(SCC(=O)Nc2sc3c(c2C#N)CCC(C(C)(C)C)C3)nnc1C(C)Oc1ccc(C)cc1. The highest BCUT2D eigenvalue weighted by atomic mass is 32.2. The summed E-state index contributed by atoms with van der Waals surface area (Å²) in [7, 11) is 0. The molecule has 2 heterocycles. The van der Waals surface area contributed by atoms with E-state index in [4.69, 9.17) is 4.74 Å². The van der Waals surface area contributed by atoms with Gasteiger partial charge >= 0.3 is 0 Å². The van der Waals surface area contributed by atoms with Gasteiger partial charge in [-0.25, -0.2) is 0 Å². The molecule has 0 saturated heterocycles. The number of aromatic nitrogens is 3. The van der Waals surface area contributed by atoms with Gasteiger partial charge in [0.2, 0.25) is 5.91 Å². The quantitative estimate of drug-likeness (QED) is 0.235. The average molecular weight is 550 g/mol. The molecule has 1 aliphatic carbocycles. The number of fused-ring (bicyclic) bond motifs is 1.